The molecule has 1 heterocycles. The average Bonchev–Trinajstić information content (AvgIpc) is 2.50. The van der Waals surface area contributed by atoms with Crippen molar-refractivity contribution in [3.05, 3.63) is 64.5 Å². The fraction of sp³-hybridized carbons (Fsp3) is 0.125. The van der Waals surface area contributed by atoms with Crippen molar-refractivity contribution in [2.75, 3.05) is 5.75 Å². The molecule has 0 unspecified atom stereocenters. The van der Waals surface area contributed by atoms with Gasteiger partial charge >= 0.3 is 0 Å². The molecule has 3 aromatic rings. The van der Waals surface area contributed by atoms with Gasteiger partial charge in [0.05, 0.1) is 10.9 Å². The summed E-state index contributed by atoms with van der Waals surface area (Å²) in [4.78, 5) is 17.1. The number of rotatable bonds is 3. The molecule has 22 heavy (non-hydrogen) atoms. The van der Waals surface area contributed by atoms with Gasteiger partial charge in [0.1, 0.15) is 17.3 Å². The lowest BCUT2D eigenvalue weighted by Crippen LogP contribution is -2.23. The Morgan fingerprint density at radius 3 is 2.45 bits per heavy atom. The van der Waals surface area contributed by atoms with Crippen LogP contribution in [0.25, 0.3) is 16.6 Å². The fourth-order valence-electron chi connectivity index (χ4n) is 2.24. The van der Waals surface area contributed by atoms with Crippen molar-refractivity contribution < 1.29 is 8.78 Å². The predicted octanol–water partition coefficient (Wildman–Crippen LogP) is 3.78. The van der Waals surface area contributed by atoms with Crippen LogP contribution in [-0.2, 0) is 0 Å². The van der Waals surface area contributed by atoms with Gasteiger partial charge in [-0.25, -0.2) is 18.3 Å². The van der Waals surface area contributed by atoms with Crippen LogP contribution in [0.15, 0.2) is 52.4 Å². The van der Waals surface area contributed by atoms with Crippen LogP contribution in [0.2, 0.25) is 0 Å². The minimum atomic E-state index is -0.794. The van der Waals surface area contributed by atoms with Gasteiger partial charge in [0, 0.05) is 0 Å². The van der Waals surface area contributed by atoms with Crippen LogP contribution in [0.3, 0.4) is 0 Å². The summed E-state index contributed by atoms with van der Waals surface area (Å²) >= 11 is 1.26. The molecule has 0 aliphatic rings. The van der Waals surface area contributed by atoms with Crippen LogP contribution in [-0.4, -0.2) is 15.3 Å². The summed E-state index contributed by atoms with van der Waals surface area (Å²) < 4.78 is 29.2. The highest BCUT2D eigenvalue weighted by molar-refractivity contribution is 7.99. The van der Waals surface area contributed by atoms with E-state index in [1.54, 1.807) is 24.3 Å². The average molecular weight is 318 g/mol. The van der Waals surface area contributed by atoms with Gasteiger partial charge in [-0.15, -0.1) is 0 Å². The first kappa shape index (κ1) is 14.7. The largest absolute Gasteiger partial charge is 0.268 e. The lowest BCUT2D eigenvalue weighted by molar-refractivity contribution is 0.557. The molecule has 112 valence electrons. The molecule has 6 heteroatoms. The Morgan fingerprint density at radius 1 is 1.09 bits per heavy atom. The van der Waals surface area contributed by atoms with Crippen LogP contribution in [0, 0.1) is 11.6 Å². The van der Waals surface area contributed by atoms with Crippen molar-refractivity contribution in [1.82, 2.24) is 9.55 Å². The van der Waals surface area contributed by atoms with Crippen LogP contribution in [0.4, 0.5) is 8.78 Å². The lowest BCUT2D eigenvalue weighted by atomic mass is 10.2. The molecule has 0 N–H and O–H groups in total. The third kappa shape index (κ3) is 2.39. The van der Waals surface area contributed by atoms with Gasteiger partial charge in [0.15, 0.2) is 5.16 Å². The molecule has 0 spiro atoms. The van der Waals surface area contributed by atoms with E-state index >= 15 is 0 Å². The van der Waals surface area contributed by atoms with Gasteiger partial charge in [-0.3, -0.25) is 4.79 Å². The summed E-state index contributed by atoms with van der Waals surface area (Å²) in [6.45, 7) is 1.88. The molecule has 0 aliphatic carbocycles. The molecule has 0 bridgehead atoms. The van der Waals surface area contributed by atoms with Crippen molar-refractivity contribution >= 4 is 22.7 Å². The molecule has 0 atom stereocenters. The maximum Gasteiger partial charge on any atom is 0.266 e. The molecule has 0 radical (unpaired) electrons. The maximum atomic E-state index is 14.1. The van der Waals surface area contributed by atoms with Crippen molar-refractivity contribution in [1.29, 1.82) is 0 Å². The van der Waals surface area contributed by atoms with Crippen molar-refractivity contribution in [2.45, 2.75) is 12.1 Å². The third-order valence-electron chi connectivity index (χ3n) is 3.18. The Kier molecular flexibility index (Phi) is 3.94. The van der Waals surface area contributed by atoms with E-state index in [1.807, 2.05) is 6.92 Å². The van der Waals surface area contributed by atoms with Crippen molar-refractivity contribution in [3.8, 4) is 5.69 Å². The second-order valence-corrected chi connectivity index (χ2v) is 5.79. The van der Waals surface area contributed by atoms with Crippen LogP contribution >= 0.6 is 11.8 Å². The summed E-state index contributed by atoms with van der Waals surface area (Å²) in [5.74, 6) is -0.963. The van der Waals surface area contributed by atoms with Gasteiger partial charge in [-0.05, 0) is 30.0 Å². The smallest absolute Gasteiger partial charge is 0.266 e. The minimum absolute atomic E-state index is 0.273. The Bertz CT molecular complexity index is 888. The molecular formula is C16H12F2N2OS. The molecule has 0 saturated heterocycles. The Morgan fingerprint density at radius 2 is 1.77 bits per heavy atom. The summed E-state index contributed by atoms with van der Waals surface area (Å²) in [7, 11) is 0. The standard InChI is InChI=1S/C16H12F2N2OS/c1-2-22-16-19-13-9-4-3-6-10(13)15(21)20(16)14-11(17)7-5-8-12(14)18/h3-9H,2H2,1H3. The van der Waals surface area contributed by atoms with Gasteiger partial charge in [-0.1, -0.05) is 36.9 Å². The van der Waals surface area contributed by atoms with E-state index in [9.17, 15) is 13.6 Å². The molecule has 0 aliphatic heterocycles. The van der Waals surface area contributed by atoms with Crippen molar-refractivity contribution in [3.63, 3.8) is 0 Å². The lowest BCUT2D eigenvalue weighted by Gasteiger charge is -2.13. The van der Waals surface area contributed by atoms with Crippen LogP contribution < -0.4 is 5.56 Å². The number of para-hydroxylation sites is 2. The molecule has 3 rings (SSSR count). The Labute approximate surface area is 129 Å². The molecule has 0 fully saturated rings. The van der Waals surface area contributed by atoms with Gasteiger partial charge in [-0.2, -0.15) is 0 Å². The van der Waals surface area contributed by atoms with E-state index in [0.29, 0.717) is 16.7 Å². The number of nitrogens with zero attached hydrogens (tertiary/aromatic N) is 2. The van der Waals surface area contributed by atoms with E-state index in [1.165, 1.54) is 17.8 Å². The SMILES string of the molecule is CCSc1nc2ccccc2c(=O)n1-c1c(F)cccc1F. The first-order valence-electron chi connectivity index (χ1n) is 6.72. The van der Waals surface area contributed by atoms with E-state index < -0.39 is 17.2 Å². The summed E-state index contributed by atoms with van der Waals surface area (Å²) in [5.41, 5.74) is -0.358. The molecule has 1 aromatic heterocycles. The fourth-order valence-corrected chi connectivity index (χ4v) is 2.96. The summed E-state index contributed by atoms with van der Waals surface area (Å²) in [6, 6.07) is 10.3. The highest BCUT2D eigenvalue weighted by Gasteiger charge is 2.18. The first-order valence-corrected chi connectivity index (χ1v) is 7.71. The molecule has 0 saturated carbocycles. The second-order valence-electron chi connectivity index (χ2n) is 4.56. The molecule has 3 nitrogen and oxygen atoms in total. The number of halogens is 2. The monoisotopic (exact) mass is 318 g/mol. The van der Waals surface area contributed by atoms with Gasteiger partial charge in [0.25, 0.3) is 5.56 Å². The van der Waals surface area contributed by atoms with Gasteiger partial charge in [0.2, 0.25) is 0 Å². The van der Waals surface area contributed by atoms with E-state index in [4.69, 9.17) is 0 Å². The number of benzene rings is 2. The number of aromatic nitrogens is 2. The molecule has 2 aromatic carbocycles. The normalized spacial score (nSPS) is 11.0. The highest BCUT2D eigenvalue weighted by Crippen LogP contribution is 2.24. The molecular weight excluding hydrogens is 306 g/mol. The predicted molar refractivity (Wildman–Crippen MR) is 83.7 cm³/mol. The van der Waals surface area contributed by atoms with E-state index in [2.05, 4.69) is 4.98 Å². The topological polar surface area (TPSA) is 34.9 Å². The first-order chi connectivity index (χ1) is 10.6. The quantitative estimate of drug-likeness (QED) is 0.544. The van der Waals surface area contributed by atoms with E-state index in [0.717, 1.165) is 16.7 Å². The maximum absolute atomic E-state index is 14.1. The zero-order valence-corrected chi connectivity index (χ0v) is 12.5. The third-order valence-corrected chi connectivity index (χ3v) is 4.00. The number of hydrogen-bond acceptors (Lipinski definition) is 3. The number of hydrogen-bond donors (Lipinski definition) is 0. The van der Waals surface area contributed by atoms with Crippen LogP contribution in [0.1, 0.15) is 6.92 Å². The zero-order valence-electron chi connectivity index (χ0n) is 11.7. The summed E-state index contributed by atoms with van der Waals surface area (Å²) in [5, 5.41) is 0.598. The van der Waals surface area contributed by atoms with Crippen molar-refractivity contribution in [2.24, 2.45) is 0 Å². The van der Waals surface area contributed by atoms with Gasteiger partial charge < -0.3 is 0 Å². The summed E-state index contributed by atoms with van der Waals surface area (Å²) in [6.07, 6.45) is 0. The second kappa shape index (κ2) is 5.88. The van der Waals surface area contributed by atoms with Crippen LogP contribution in [0.5, 0.6) is 0 Å². The van der Waals surface area contributed by atoms with E-state index in [-0.39, 0.29) is 10.8 Å². The Balaban J connectivity index is 2.44. The zero-order chi connectivity index (χ0) is 15.7. The molecule has 0 amide bonds. The highest BCUT2D eigenvalue weighted by atomic mass is 32.2. The minimum Gasteiger partial charge on any atom is -0.268 e. The Hall–Kier alpha value is -2.21. The number of thioether (sulfide) groups is 1. The number of fused-ring (bicyclic) bond motifs is 1.